The third-order valence-electron chi connectivity index (χ3n) is 8.07. The maximum absolute atomic E-state index is 13.3. The van der Waals surface area contributed by atoms with E-state index in [0.29, 0.717) is 25.7 Å². The van der Waals surface area contributed by atoms with Crippen LogP contribution >= 0.6 is 0 Å². The summed E-state index contributed by atoms with van der Waals surface area (Å²) in [5.41, 5.74) is 5.88. The van der Waals surface area contributed by atoms with Crippen molar-refractivity contribution in [3.8, 4) is 0 Å². The van der Waals surface area contributed by atoms with E-state index in [2.05, 4.69) is 65.2 Å². The zero-order valence-electron chi connectivity index (χ0n) is 22.4. The van der Waals surface area contributed by atoms with Crippen molar-refractivity contribution in [3.63, 3.8) is 0 Å². The summed E-state index contributed by atoms with van der Waals surface area (Å²) < 4.78 is 6.05. The van der Waals surface area contributed by atoms with Gasteiger partial charge in [-0.3, -0.25) is 9.69 Å². The van der Waals surface area contributed by atoms with Crippen molar-refractivity contribution in [1.82, 2.24) is 14.7 Å². The summed E-state index contributed by atoms with van der Waals surface area (Å²) in [6, 6.07) is 14.8. The van der Waals surface area contributed by atoms with Crippen LogP contribution in [0.1, 0.15) is 39.9 Å². The van der Waals surface area contributed by atoms with Crippen LogP contribution in [0, 0.1) is 0 Å². The molecule has 1 amide bonds. The maximum Gasteiger partial charge on any atom is 0.254 e. The maximum atomic E-state index is 13.3. The Bertz CT molecular complexity index is 1070. The number of fused-ring (bicyclic) bond motifs is 2. The lowest BCUT2D eigenvalue weighted by atomic mass is 9.96. The predicted molar refractivity (Wildman–Crippen MR) is 147 cm³/mol. The number of aliphatic hydroxyl groups is 1. The number of likely N-dealkylation sites (N-methyl/N-ethyl adjacent to an activating group) is 1. The Hall–Kier alpha value is -2.45. The molecule has 1 N–H and O–H groups in total. The van der Waals surface area contributed by atoms with Crippen molar-refractivity contribution < 1.29 is 14.6 Å². The molecule has 2 aromatic rings. The lowest BCUT2D eigenvalue weighted by Gasteiger charge is -2.36. The molecular formula is C30H42N4O3. The SMILES string of the molecule is CN(C)CCOC1CCN(c2ccc3c(c2)CCN(C[C@H](O)CN2CCc4ccccc4C2)C3=O)CC1. The van der Waals surface area contributed by atoms with E-state index in [-0.39, 0.29) is 5.91 Å². The highest BCUT2D eigenvalue weighted by Gasteiger charge is 2.28. The van der Waals surface area contributed by atoms with E-state index in [0.717, 1.165) is 76.1 Å². The standard InChI is InChI=1S/C30H42N4O3/c1-31(2)17-18-37-28-11-15-33(16-12-28)26-7-8-29-24(19-26)10-14-34(30(29)36)22-27(35)21-32-13-9-23-5-3-4-6-25(23)20-32/h3-8,19,27-28,35H,9-18,20-22H2,1-2H3/t27-/m1/s1. The minimum absolute atomic E-state index is 0.0452. The number of hydrogen-bond donors (Lipinski definition) is 1. The Morgan fingerprint density at radius 1 is 0.973 bits per heavy atom. The molecule has 2 aromatic carbocycles. The summed E-state index contributed by atoms with van der Waals surface area (Å²) in [5, 5.41) is 10.8. The number of rotatable bonds is 9. The average molecular weight is 507 g/mol. The van der Waals surface area contributed by atoms with Gasteiger partial charge in [0.15, 0.2) is 0 Å². The zero-order valence-corrected chi connectivity index (χ0v) is 22.4. The summed E-state index contributed by atoms with van der Waals surface area (Å²) >= 11 is 0. The van der Waals surface area contributed by atoms with Crippen molar-refractivity contribution in [1.29, 1.82) is 0 Å². The molecule has 37 heavy (non-hydrogen) atoms. The lowest BCUT2D eigenvalue weighted by Crippen LogP contribution is -2.46. The Labute approximate surface area is 221 Å². The van der Waals surface area contributed by atoms with E-state index in [1.54, 1.807) is 0 Å². The second-order valence-electron chi connectivity index (χ2n) is 11.1. The van der Waals surface area contributed by atoms with Gasteiger partial charge in [-0.25, -0.2) is 0 Å². The molecule has 200 valence electrons. The Morgan fingerprint density at radius 3 is 2.51 bits per heavy atom. The van der Waals surface area contributed by atoms with Crippen molar-refractivity contribution in [2.45, 2.75) is 44.4 Å². The summed E-state index contributed by atoms with van der Waals surface area (Å²) in [5.74, 6) is 0.0452. The molecule has 3 aliphatic heterocycles. The molecule has 0 unspecified atom stereocenters. The largest absolute Gasteiger partial charge is 0.390 e. The van der Waals surface area contributed by atoms with Gasteiger partial charge < -0.3 is 24.5 Å². The molecule has 7 nitrogen and oxygen atoms in total. The number of amides is 1. The average Bonchev–Trinajstić information content (AvgIpc) is 2.90. The zero-order chi connectivity index (χ0) is 25.8. The predicted octanol–water partition coefficient (Wildman–Crippen LogP) is 2.65. The van der Waals surface area contributed by atoms with Crippen LogP contribution in [0.2, 0.25) is 0 Å². The monoisotopic (exact) mass is 506 g/mol. The molecule has 0 bridgehead atoms. The smallest absolute Gasteiger partial charge is 0.254 e. The second kappa shape index (κ2) is 11.9. The number of ether oxygens (including phenoxy) is 1. The van der Waals surface area contributed by atoms with Gasteiger partial charge in [-0.2, -0.15) is 0 Å². The van der Waals surface area contributed by atoms with Crippen LogP contribution in [0.15, 0.2) is 42.5 Å². The van der Waals surface area contributed by atoms with E-state index < -0.39 is 6.10 Å². The normalized spacial score (nSPS) is 19.7. The van der Waals surface area contributed by atoms with Crippen molar-refractivity contribution in [2.24, 2.45) is 0 Å². The number of anilines is 1. The Morgan fingerprint density at radius 2 is 1.73 bits per heavy atom. The molecule has 1 atom stereocenters. The number of benzene rings is 2. The molecule has 0 aliphatic carbocycles. The molecule has 1 saturated heterocycles. The van der Waals surface area contributed by atoms with Gasteiger partial charge >= 0.3 is 0 Å². The van der Waals surface area contributed by atoms with Crippen LogP contribution in [-0.4, -0.2) is 104 Å². The first-order valence-electron chi connectivity index (χ1n) is 13.9. The van der Waals surface area contributed by atoms with E-state index in [1.165, 1.54) is 16.8 Å². The summed E-state index contributed by atoms with van der Waals surface area (Å²) in [4.78, 5) is 22.0. The summed E-state index contributed by atoms with van der Waals surface area (Å²) in [7, 11) is 4.15. The third-order valence-corrected chi connectivity index (χ3v) is 8.07. The highest BCUT2D eigenvalue weighted by atomic mass is 16.5. The number of carbonyl (C=O) groups excluding carboxylic acids is 1. The van der Waals surface area contributed by atoms with Crippen molar-refractivity contribution >= 4 is 11.6 Å². The molecule has 1 fully saturated rings. The minimum atomic E-state index is -0.545. The fourth-order valence-electron chi connectivity index (χ4n) is 5.90. The Kier molecular flexibility index (Phi) is 8.45. The minimum Gasteiger partial charge on any atom is -0.390 e. The van der Waals surface area contributed by atoms with Crippen LogP contribution < -0.4 is 4.90 Å². The number of nitrogens with zero attached hydrogens (tertiary/aromatic N) is 4. The van der Waals surface area contributed by atoms with Gasteiger partial charge in [0.05, 0.1) is 18.8 Å². The van der Waals surface area contributed by atoms with E-state index in [9.17, 15) is 9.90 Å². The molecule has 0 aromatic heterocycles. The number of piperidine rings is 1. The van der Waals surface area contributed by atoms with Gasteiger partial charge in [-0.05, 0) is 74.7 Å². The molecule has 0 saturated carbocycles. The molecule has 0 spiro atoms. The lowest BCUT2D eigenvalue weighted by molar-refractivity contribution is 0.0294. The molecule has 5 rings (SSSR count). The fourth-order valence-corrected chi connectivity index (χ4v) is 5.90. The second-order valence-corrected chi connectivity index (χ2v) is 11.1. The van der Waals surface area contributed by atoms with Gasteiger partial charge in [0, 0.05) is 63.6 Å². The third kappa shape index (κ3) is 6.52. The van der Waals surface area contributed by atoms with Gasteiger partial charge in [0.25, 0.3) is 5.91 Å². The molecule has 7 heteroatoms. The van der Waals surface area contributed by atoms with Crippen LogP contribution in [0.4, 0.5) is 5.69 Å². The highest BCUT2D eigenvalue weighted by molar-refractivity contribution is 5.97. The Balaban J connectivity index is 1.12. The first kappa shape index (κ1) is 26.2. The van der Waals surface area contributed by atoms with E-state index in [1.807, 2.05) is 11.0 Å². The summed E-state index contributed by atoms with van der Waals surface area (Å²) in [6.45, 7) is 7.18. The van der Waals surface area contributed by atoms with Crippen molar-refractivity contribution in [3.05, 3.63) is 64.7 Å². The van der Waals surface area contributed by atoms with Crippen LogP contribution in [0.5, 0.6) is 0 Å². The summed E-state index contributed by atoms with van der Waals surface area (Å²) in [6.07, 6.45) is 3.73. The van der Waals surface area contributed by atoms with Gasteiger partial charge in [0.1, 0.15) is 0 Å². The van der Waals surface area contributed by atoms with Crippen LogP contribution in [-0.2, 0) is 24.1 Å². The number of hydrogen-bond acceptors (Lipinski definition) is 6. The fraction of sp³-hybridized carbons (Fsp3) is 0.567. The van der Waals surface area contributed by atoms with Gasteiger partial charge in [0.2, 0.25) is 0 Å². The van der Waals surface area contributed by atoms with Crippen LogP contribution in [0.25, 0.3) is 0 Å². The molecule has 3 heterocycles. The van der Waals surface area contributed by atoms with Gasteiger partial charge in [-0.15, -0.1) is 0 Å². The quantitative estimate of drug-likeness (QED) is 0.564. The topological polar surface area (TPSA) is 59.5 Å². The molecule has 3 aliphatic rings. The van der Waals surface area contributed by atoms with Crippen LogP contribution in [0.3, 0.4) is 0 Å². The first-order valence-corrected chi connectivity index (χ1v) is 13.9. The number of aliphatic hydroxyl groups excluding tert-OH is 1. The highest BCUT2D eigenvalue weighted by Crippen LogP contribution is 2.28. The van der Waals surface area contributed by atoms with Gasteiger partial charge in [-0.1, -0.05) is 24.3 Å². The van der Waals surface area contributed by atoms with E-state index in [4.69, 9.17) is 4.74 Å². The number of carbonyl (C=O) groups is 1. The first-order chi connectivity index (χ1) is 18.0. The molecular weight excluding hydrogens is 464 g/mol. The number of β-amino-alcohol motifs (C(OH)–C–C–N with tert-alkyl or cyclic N) is 1. The molecule has 0 radical (unpaired) electrons. The van der Waals surface area contributed by atoms with Crippen molar-refractivity contribution in [2.75, 3.05) is 71.4 Å². The van der Waals surface area contributed by atoms with E-state index >= 15 is 0 Å².